The van der Waals surface area contributed by atoms with E-state index in [4.69, 9.17) is 23.7 Å². The third-order valence-corrected chi connectivity index (χ3v) is 11.4. The molecule has 0 radical (unpaired) electrons. The van der Waals surface area contributed by atoms with Crippen LogP contribution in [0.3, 0.4) is 0 Å². The fourth-order valence-corrected chi connectivity index (χ4v) is 8.12. The maximum atomic E-state index is 14.2. The molecule has 4 fully saturated rings. The Morgan fingerprint density at radius 2 is 1.79 bits per heavy atom. The fourth-order valence-electron chi connectivity index (χ4n) is 8.12. The average Bonchev–Trinajstić information content (AvgIpc) is 3.81. The number of cyclic esters (lactones) is 1. The zero-order valence-corrected chi connectivity index (χ0v) is 31.0. The summed E-state index contributed by atoms with van der Waals surface area (Å²) in [6.07, 6.45) is -0.645. The van der Waals surface area contributed by atoms with Gasteiger partial charge >= 0.3 is 12.1 Å². The van der Waals surface area contributed by atoms with Gasteiger partial charge in [-0.15, -0.1) is 0 Å². The van der Waals surface area contributed by atoms with Crippen molar-refractivity contribution in [3.8, 4) is 0 Å². The van der Waals surface area contributed by atoms with Gasteiger partial charge in [-0.2, -0.15) is 0 Å². The summed E-state index contributed by atoms with van der Waals surface area (Å²) in [4.78, 5) is 44.7. The number of nitrogens with zero attached hydrogens (tertiary/aromatic N) is 2. The van der Waals surface area contributed by atoms with E-state index < -0.39 is 65.7 Å². The van der Waals surface area contributed by atoms with Gasteiger partial charge in [0.25, 0.3) is 0 Å². The lowest BCUT2D eigenvalue weighted by Gasteiger charge is -2.47. The molecule has 4 rings (SSSR count). The molecule has 3 N–H and O–H groups in total. The number of methoxy groups -OCH3 is 1. The highest BCUT2D eigenvalue weighted by Crippen LogP contribution is 2.38. The lowest BCUT2D eigenvalue weighted by atomic mass is 9.78. The molecule has 0 aromatic rings. The van der Waals surface area contributed by atoms with Crippen LogP contribution in [-0.2, 0) is 33.3 Å². The lowest BCUT2D eigenvalue weighted by molar-refractivity contribution is -0.297. The highest BCUT2D eigenvalue weighted by Gasteiger charge is 2.56. The molecule has 0 bridgehead atoms. The van der Waals surface area contributed by atoms with Crippen LogP contribution in [0.5, 0.6) is 0 Å². The Kier molecular flexibility index (Phi) is 12.6. The number of ether oxygens (including phenoxy) is 5. The Morgan fingerprint density at radius 1 is 1.12 bits per heavy atom. The predicted octanol–water partition coefficient (Wildman–Crippen LogP) is 2.33. The molecule has 48 heavy (non-hydrogen) atoms. The summed E-state index contributed by atoms with van der Waals surface area (Å²) in [5.41, 5.74) is -2.16. The first-order valence-corrected chi connectivity index (χ1v) is 17.8. The summed E-state index contributed by atoms with van der Waals surface area (Å²) in [6, 6.07) is -0.390. The number of amides is 1. The lowest BCUT2D eigenvalue weighted by Crippen LogP contribution is -2.60. The number of likely N-dealkylation sites (N-methyl/N-ethyl adjacent to an activating group) is 2. The van der Waals surface area contributed by atoms with Crippen molar-refractivity contribution in [3.05, 3.63) is 0 Å². The number of esters is 1. The van der Waals surface area contributed by atoms with Gasteiger partial charge in [0.1, 0.15) is 18.1 Å². The summed E-state index contributed by atoms with van der Waals surface area (Å²) >= 11 is 0. The summed E-state index contributed by atoms with van der Waals surface area (Å²) in [5.74, 6) is -3.00. The number of aliphatic hydroxyl groups is 1. The maximum Gasteiger partial charge on any atom is 0.408 e. The van der Waals surface area contributed by atoms with Crippen LogP contribution in [-0.4, -0.2) is 140 Å². The van der Waals surface area contributed by atoms with Crippen molar-refractivity contribution >= 4 is 17.8 Å². The normalized spacial score (nSPS) is 43.9. The third kappa shape index (κ3) is 8.35. The molecule has 276 valence electrons. The quantitative estimate of drug-likeness (QED) is 0.255. The topological polar surface area (TPSA) is 148 Å². The molecular weight excluding hydrogens is 620 g/mol. The van der Waals surface area contributed by atoms with Crippen LogP contribution in [0.1, 0.15) is 80.6 Å². The van der Waals surface area contributed by atoms with Gasteiger partial charge in [-0.3, -0.25) is 9.59 Å². The first-order valence-electron chi connectivity index (χ1n) is 17.8. The predicted molar refractivity (Wildman–Crippen MR) is 179 cm³/mol. The number of carbonyl (C=O) groups excluding carboxylic acids is 3. The number of ketones is 1. The highest BCUT2D eigenvalue weighted by molar-refractivity contribution is 6.00. The first kappa shape index (κ1) is 38.9. The number of hydrogen-bond acceptors (Lipinski definition) is 12. The van der Waals surface area contributed by atoms with Crippen LogP contribution in [0.25, 0.3) is 0 Å². The van der Waals surface area contributed by atoms with E-state index in [9.17, 15) is 19.5 Å². The summed E-state index contributed by atoms with van der Waals surface area (Å²) in [5, 5.41) is 18.1. The Morgan fingerprint density at radius 3 is 2.38 bits per heavy atom. The summed E-state index contributed by atoms with van der Waals surface area (Å²) in [7, 11) is 7.45. The molecule has 3 aliphatic heterocycles. The van der Waals surface area contributed by atoms with E-state index in [0.717, 1.165) is 12.8 Å². The van der Waals surface area contributed by atoms with Crippen LogP contribution in [0.2, 0.25) is 0 Å². The molecule has 13 atom stereocenters. The second-order valence-corrected chi connectivity index (χ2v) is 15.6. The van der Waals surface area contributed by atoms with E-state index in [1.54, 1.807) is 27.9 Å². The molecular formula is C35H62N4O9. The van der Waals surface area contributed by atoms with Gasteiger partial charge < -0.3 is 49.2 Å². The molecule has 3 heterocycles. The molecule has 0 aromatic heterocycles. The minimum absolute atomic E-state index is 0.0460. The number of rotatable bonds is 8. The van der Waals surface area contributed by atoms with E-state index in [-0.39, 0.29) is 29.9 Å². The molecule has 0 aromatic carbocycles. The molecule has 0 spiro atoms. The van der Waals surface area contributed by atoms with Crippen molar-refractivity contribution in [2.24, 2.45) is 17.8 Å². The summed E-state index contributed by atoms with van der Waals surface area (Å²) in [6.45, 7) is 14.2. The third-order valence-electron chi connectivity index (χ3n) is 11.4. The molecule has 4 aliphatic rings. The number of alkyl carbamates (subject to hydrolysis) is 1. The Bertz CT molecular complexity index is 1140. The molecule has 3 saturated heterocycles. The van der Waals surface area contributed by atoms with Crippen LogP contribution in [0, 0.1) is 17.8 Å². The smallest absolute Gasteiger partial charge is 0.408 e. The number of Topliss-reactive ketones (excluding diaryl/α,β-unsaturated/α-hetero) is 1. The minimum atomic E-state index is -1.15. The zero-order chi connectivity index (χ0) is 35.7. The first-order chi connectivity index (χ1) is 22.4. The molecule has 1 aliphatic carbocycles. The monoisotopic (exact) mass is 682 g/mol. The van der Waals surface area contributed by atoms with E-state index in [1.165, 1.54) is 0 Å². The molecule has 1 saturated carbocycles. The Balaban J connectivity index is 1.69. The highest BCUT2D eigenvalue weighted by atomic mass is 16.7. The van der Waals surface area contributed by atoms with E-state index in [0.29, 0.717) is 38.4 Å². The van der Waals surface area contributed by atoms with E-state index in [2.05, 4.69) is 22.5 Å². The Hall–Kier alpha value is -1.87. The van der Waals surface area contributed by atoms with Gasteiger partial charge in [0, 0.05) is 44.2 Å². The number of fused-ring (bicyclic) bond motifs is 1. The van der Waals surface area contributed by atoms with Crippen molar-refractivity contribution in [1.29, 1.82) is 0 Å². The number of carbonyl (C=O) groups is 3. The van der Waals surface area contributed by atoms with E-state index in [1.807, 2.05) is 46.8 Å². The van der Waals surface area contributed by atoms with Crippen molar-refractivity contribution in [3.63, 3.8) is 0 Å². The van der Waals surface area contributed by atoms with Crippen LogP contribution in [0.15, 0.2) is 0 Å². The SMILES string of the molecule is CC[C@H]1OC(=O)[C@H](C)C(=O)[C@H](C)[C@@H](O[C@@H]2O[C@H](CNC3CC3)CC(N(C)C)C2O)[C@](C)(OC)C[C@@H](C)CN(C)[C@H](C)[C@H]2NC(=O)O[C@@]21C. The van der Waals surface area contributed by atoms with Crippen molar-refractivity contribution in [1.82, 2.24) is 20.4 Å². The maximum absolute atomic E-state index is 14.2. The molecule has 13 nitrogen and oxygen atoms in total. The summed E-state index contributed by atoms with van der Waals surface area (Å²) < 4.78 is 31.3. The fraction of sp³-hybridized carbons (Fsp3) is 0.914. The number of aliphatic hydroxyl groups excluding tert-OH is 1. The van der Waals surface area contributed by atoms with Gasteiger partial charge in [0.2, 0.25) is 0 Å². The zero-order valence-electron chi connectivity index (χ0n) is 31.0. The van der Waals surface area contributed by atoms with Crippen LogP contribution in [0.4, 0.5) is 4.79 Å². The van der Waals surface area contributed by atoms with Gasteiger partial charge in [0.15, 0.2) is 17.7 Å². The number of nitrogens with one attached hydrogen (secondary N) is 2. The van der Waals surface area contributed by atoms with Crippen molar-refractivity contribution in [2.45, 2.75) is 147 Å². The largest absolute Gasteiger partial charge is 0.458 e. The minimum Gasteiger partial charge on any atom is -0.458 e. The van der Waals surface area contributed by atoms with Crippen molar-refractivity contribution in [2.75, 3.05) is 41.3 Å². The van der Waals surface area contributed by atoms with Crippen LogP contribution >= 0.6 is 0 Å². The van der Waals surface area contributed by atoms with Gasteiger partial charge in [0.05, 0.1) is 23.9 Å². The van der Waals surface area contributed by atoms with Crippen LogP contribution < -0.4 is 10.6 Å². The molecule has 13 heteroatoms. The van der Waals surface area contributed by atoms with Gasteiger partial charge in [-0.05, 0) is 86.9 Å². The second-order valence-electron chi connectivity index (χ2n) is 15.6. The Labute approximate surface area is 287 Å². The van der Waals surface area contributed by atoms with E-state index >= 15 is 0 Å². The molecule has 2 unspecified atom stereocenters. The standard InChI is InChI=1S/C35H62N4O9/c1-12-26-35(7)29(37-33(43)48-35)22(5)39(10)18-19(2)16-34(6,44-11)30(20(3)27(40)21(4)31(42)46-26)47-32-28(41)25(38(8)9)15-24(45-32)17-36-23-13-14-23/h19-26,28-30,32,36,41H,12-18H2,1-11H3,(H,37,43)/t19-,20+,21-,22-,24+,25?,26-,28?,29-,30-,32+,34-,35-/m1/s1. The average molecular weight is 683 g/mol. The van der Waals surface area contributed by atoms with Gasteiger partial charge in [-0.25, -0.2) is 4.79 Å². The second kappa shape index (κ2) is 15.6. The van der Waals surface area contributed by atoms with Crippen molar-refractivity contribution < 1.29 is 43.2 Å². The number of hydrogen-bond donors (Lipinski definition) is 3. The molecule has 1 amide bonds. The van der Waals surface area contributed by atoms with Gasteiger partial charge in [-0.1, -0.05) is 20.8 Å².